The molecule has 0 saturated heterocycles. The Kier molecular flexibility index (Phi) is 9.45. The van der Waals surface area contributed by atoms with Crippen LogP contribution in [0.1, 0.15) is 19.4 Å². The van der Waals surface area contributed by atoms with Gasteiger partial charge < -0.3 is 29.7 Å². The number of carbonyl (C=O) groups excluding carboxylic acids is 2. The number of hydrogen-bond donors (Lipinski definition) is 3. The zero-order valence-corrected chi connectivity index (χ0v) is 23.1. The van der Waals surface area contributed by atoms with E-state index in [1.54, 1.807) is 68.4 Å². The molecule has 12 heteroatoms. The number of fused-ring (bicyclic) bond motifs is 1. The number of ether oxygens (including phenoxy) is 2. The monoisotopic (exact) mass is 548 g/mol. The molecule has 3 amide bonds. The van der Waals surface area contributed by atoms with Crippen LogP contribution in [0, 0.1) is 5.92 Å². The van der Waals surface area contributed by atoms with Gasteiger partial charge in [0.25, 0.3) is 0 Å². The van der Waals surface area contributed by atoms with E-state index in [2.05, 4.69) is 10.0 Å². The van der Waals surface area contributed by atoms with Crippen molar-refractivity contribution in [2.45, 2.75) is 32.4 Å². The summed E-state index contributed by atoms with van der Waals surface area (Å²) in [5.74, 6) is 0.681. The zero-order chi connectivity index (χ0) is 28.0. The normalized spacial score (nSPS) is 18.7. The number of methoxy groups -OCH3 is 1. The van der Waals surface area contributed by atoms with Crippen LogP contribution < -0.4 is 19.5 Å². The maximum Gasteiger partial charge on any atom is 0.321 e. The Labute approximate surface area is 223 Å². The molecule has 0 radical (unpaired) electrons. The smallest absolute Gasteiger partial charge is 0.321 e. The number of carbonyl (C=O) groups is 2. The van der Waals surface area contributed by atoms with E-state index in [-0.39, 0.29) is 37.4 Å². The highest BCUT2D eigenvalue weighted by Crippen LogP contribution is 2.29. The first kappa shape index (κ1) is 29.1. The Bertz CT molecular complexity index is 1240. The molecule has 3 N–H and O–H groups in total. The average Bonchev–Trinajstić information content (AvgIpc) is 2.90. The quantitative estimate of drug-likeness (QED) is 0.461. The number of nitrogens with one attached hydrogen (secondary N) is 2. The van der Waals surface area contributed by atoms with Crippen molar-refractivity contribution in [2.75, 3.05) is 50.1 Å². The van der Waals surface area contributed by atoms with Gasteiger partial charge in [0.05, 0.1) is 39.0 Å². The number of hydrogen-bond acceptors (Lipinski definition) is 7. The third-order valence-electron chi connectivity index (χ3n) is 6.36. The molecule has 11 nitrogen and oxygen atoms in total. The molecular weight excluding hydrogens is 512 g/mol. The Morgan fingerprint density at radius 3 is 2.50 bits per heavy atom. The van der Waals surface area contributed by atoms with Crippen LogP contribution in [0.4, 0.5) is 16.2 Å². The summed E-state index contributed by atoms with van der Waals surface area (Å²) < 4.78 is 37.4. The molecule has 0 unspecified atom stereocenters. The highest BCUT2D eigenvalue weighted by atomic mass is 32.2. The predicted octanol–water partition coefficient (Wildman–Crippen LogP) is 2.38. The number of nitrogens with zero attached hydrogens (tertiary/aromatic N) is 2. The summed E-state index contributed by atoms with van der Waals surface area (Å²) >= 11 is 0. The first-order valence-electron chi connectivity index (χ1n) is 12.2. The summed E-state index contributed by atoms with van der Waals surface area (Å²) in [6, 6.07) is 11.0. The van der Waals surface area contributed by atoms with E-state index >= 15 is 0 Å². The molecule has 2 aromatic rings. The van der Waals surface area contributed by atoms with Crippen LogP contribution in [-0.2, 0) is 21.2 Å². The molecule has 3 atom stereocenters. The van der Waals surface area contributed by atoms with E-state index in [0.717, 1.165) is 6.26 Å². The number of benzene rings is 2. The summed E-state index contributed by atoms with van der Waals surface area (Å²) in [4.78, 5) is 29.3. The standard InChI is InChI=1S/C26H36N4O7S/c1-17-14-30(18(2)16-31)25(32)13-19-12-21(28-38(5,34)35)8-11-23(19)37-24(17)15-29(3)26(33)27-20-6-9-22(36-4)10-7-20/h6-12,17-18,24,28,31H,13-16H2,1-5H3,(H,27,33)/t17-,18+,24-/m1/s1. The Morgan fingerprint density at radius 1 is 1.24 bits per heavy atom. The van der Waals surface area contributed by atoms with Gasteiger partial charge in [-0.2, -0.15) is 0 Å². The summed E-state index contributed by atoms with van der Waals surface area (Å²) in [6.45, 7) is 3.99. The minimum Gasteiger partial charge on any atom is -0.497 e. The highest BCUT2D eigenvalue weighted by Gasteiger charge is 2.32. The van der Waals surface area contributed by atoms with Crippen LogP contribution in [-0.4, -0.2) is 87.5 Å². The van der Waals surface area contributed by atoms with Gasteiger partial charge in [-0.15, -0.1) is 0 Å². The molecule has 0 bridgehead atoms. The van der Waals surface area contributed by atoms with Crippen molar-refractivity contribution < 1.29 is 32.6 Å². The minimum atomic E-state index is -3.52. The van der Waals surface area contributed by atoms with Gasteiger partial charge >= 0.3 is 6.03 Å². The van der Waals surface area contributed by atoms with Crippen LogP contribution in [0.15, 0.2) is 42.5 Å². The third kappa shape index (κ3) is 7.75. The SMILES string of the molecule is COc1ccc(NC(=O)N(C)C[C@H]2Oc3ccc(NS(C)(=O)=O)cc3CC(=O)N([C@@H](C)CO)C[C@H]2C)cc1. The van der Waals surface area contributed by atoms with E-state index in [1.165, 1.54) is 4.90 Å². The van der Waals surface area contributed by atoms with E-state index in [1.807, 2.05) is 6.92 Å². The van der Waals surface area contributed by atoms with Crippen LogP contribution >= 0.6 is 0 Å². The molecule has 1 aliphatic heterocycles. The van der Waals surface area contributed by atoms with Crippen LogP contribution in [0.3, 0.4) is 0 Å². The zero-order valence-electron chi connectivity index (χ0n) is 22.3. The topological polar surface area (TPSA) is 138 Å². The summed E-state index contributed by atoms with van der Waals surface area (Å²) in [7, 11) is -0.301. The van der Waals surface area contributed by atoms with Gasteiger partial charge in [0.2, 0.25) is 15.9 Å². The molecule has 0 saturated carbocycles. The van der Waals surface area contributed by atoms with Gasteiger partial charge in [-0.1, -0.05) is 6.92 Å². The summed E-state index contributed by atoms with van der Waals surface area (Å²) in [6.07, 6.45) is 0.506. The van der Waals surface area contributed by atoms with E-state index in [9.17, 15) is 23.1 Å². The first-order chi connectivity index (χ1) is 17.9. The number of likely N-dealkylation sites (N-methyl/N-ethyl adjacent to an activating group) is 1. The van der Waals surface area contributed by atoms with Crippen molar-refractivity contribution in [1.82, 2.24) is 9.80 Å². The van der Waals surface area contributed by atoms with Gasteiger partial charge in [-0.05, 0) is 49.4 Å². The Balaban J connectivity index is 1.87. The lowest BCUT2D eigenvalue weighted by molar-refractivity contribution is -0.134. The number of aliphatic hydroxyl groups excluding tert-OH is 1. The van der Waals surface area contributed by atoms with Crippen molar-refractivity contribution >= 4 is 33.3 Å². The largest absolute Gasteiger partial charge is 0.497 e. The van der Waals surface area contributed by atoms with Gasteiger partial charge in [-0.25, -0.2) is 13.2 Å². The number of amides is 3. The maximum absolute atomic E-state index is 13.2. The maximum atomic E-state index is 13.2. The Hall–Kier alpha value is -3.51. The van der Waals surface area contributed by atoms with Crippen LogP contribution in [0.5, 0.6) is 11.5 Å². The summed E-state index contributed by atoms with van der Waals surface area (Å²) in [5, 5.41) is 12.6. The molecule has 38 heavy (non-hydrogen) atoms. The molecule has 3 rings (SSSR count). The minimum absolute atomic E-state index is 0.0355. The molecule has 1 heterocycles. The van der Waals surface area contributed by atoms with Gasteiger partial charge in [0.1, 0.15) is 17.6 Å². The first-order valence-corrected chi connectivity index (χ1v) is 14.1. The lowest BCUT2D eigenvalue weighted by Crippen LogP contribution is -2.48. The molecule has 1 aliphatic rings. The van der Waals surface area contributed by atoms with Crippen LogP contribution in [0.25, 0.3) is 0 Å². The Morgan fingerprint density at radius 2 is 1.89 bits per heavy atom. The fourth-order valence-corrected chi connectivity index (χ4v) is 4.73. The number of aliphatic hydroxyl groups is 1. The lowest BCUT2D eigenvalue weighted by Gasteiger charge is -2.34. The van der Waals surface area contributed by atoms with Crippen molar-refractivity contribution in [3.05, 3.63) is 48.0 Å². The second-order valence-electron chi connectivity index (χ2n) is 9.62. The fourth-order valence-electron chi connectivity index (χ4n) is 4.17. The van der Waals surface area contributed by atoms with Crippen molar-refractivity contribution in [2.24, 2.45) is 5.92 Å². The van der Waals surface area contributed by atoms with E-state index < -0.39 is 22.2 Å². The van der Waals surface area contributed by atoms with Crippen LogP contribution in [0.2, 0.25) is 0 Å². The second-order valence-corrected chi connectivity index (χ2v) is 11.4. The average molecular weight is 549 g/mol. The highest BCUT2D eigenvalue weighted by molar-refractivity contribution is 7.92. The molecule has 0 spiro atoms. The molecule has 0 aromatic heterocycles. The molecule has 0 fully saturated rings. The molecule has 2 aromatic carbocycles. The number of urea groups is 1. The lowest BCUT2D eigenvalue weighted by atomic mass is 10.0. The number of sulfonamides is 1. The van der Waals surface area contributed by atoms with Crippen molar-refractivity contribution in [3.63, 3.8) is 0 Å². The number of rotatable bonds is 8. The predicted molar refractivity (Wildman–Crippen MR) is 145 cm³/mol. The molecular formula is C26H36N4O7S. The molecule has 0 aliphatic carbocycles. The van der Waals surface area contributed by atoms with Gasteiger partial charge in [-0.3, -0.25) is 9.52 Å². The molecule has 208 valence electrons. The summed E-state index contributed by atoms with van der Waals surface area (Å²) in [5.41, 5.74) is 1.42. The van der Waals surface area contributed by atoms with E-state index in [4.69, 9.17) is 9.47 Å². The fraction of sp³-hybridized carbons (Fsp3) is 0.462. The van der Waals surface area contributed by atoms with Gasteiger partial charge in [0, 0.05) is 36.4 Å². The third-order valence-corrected chi connectivity index (χ3v) is 6.97. The van der Waals surface area contributed by atoms with Gasteiger partial charge in [0.15, 0.2) is 0 Å². The van der Waals surface area contributed by atoms with Crippen molar-refractivity contribution in [3.8, 4) is 11.5 Å². The van der Waals surface area contributed by atoms with Crippen molar-refractivity contribution in [1.29, 1.82) is 0 Å². The second kappa shape index (κ2) is 12.4. The number of anilines is 2. The van der Waals surface area contributed by atoms with E-state index in [0.29, 0.717) is 35.0 Å².